The molecule has 9 heteroatoms. The SMILES string of the molecule is Cc1nnc2n1CC1CCC2N1C(=O)CC(N)Cc1cc(F)c(F)cc1F. The third-order valence-electron chi connectivity index (χ3n) is 5.45. The normalized spacial score (nSPS) is 22.0. The minimum absolute atomic E-state index is 0.00143. The summed E-state index contributed by atoms with van der Waals surface area (Å²) in [5, 5.41) is 8.30. The molecule has 0 radical (unpaired) electrons. The number of hydrogen-bond donors (Lipinski definition) is 1. The van der Waals surface area contributed by atoms with Gasteiger partial charge in [0.15, 0.2) is 17.5 Å². The maximum atomic E-state index is 13.8. The van der Waals surface area contributed by atoms with Gasteiger partial charge < -0.3 is 15.2 Å². The Labute approximate surface area is 154 Å². The molecule has 3 unspecified atom stereocenters. The standard InChI is InChI=1S/C18H20F3N5O/c1-9-23-24-18-16-3-2-12(8-25(9)18)26(16)17(27)6-11(22)4-10-5-14(20)15(21)7-13(10)19/h5,7,11-12,16H,2-4,6,8,22H2,1H3. The topological polar surface area (TPSA) is 77.0 Å². The van der Waals surface area contributed by atoms with Crippen LogP contribution in [0.2, 0.25) is 0 Å². The summed E-state index contributed by atoms with van der Waals surface area (Å²) in [6.07, 6.45) is 1.65. The van der Waals surface area contributed by atoms with Gasteiger partial charge in [-0.25, -0.2) is 13.2 Å². The number of fused-ring (bicyclic) bond motifs is 4. The van der Waals surface area contributed by atoms with E-state index < -0.39 is 23.5 Å². The van der Waals surface area contributed by atoms with Crippen LogP contribution in [0.15, 0.2) is 12.1 Å². The Morgan fingerprint density at radius 3 is 2.74 bits per heavy atom. The number of nitrogens with zero attached hydrogens (tertiary/aromatic N) is 4. The van der Waals surface area contributed by atoms with Gasteiger partial charge in [0, 0.05) is 25.1 Å². The average molecular weight is 379 g/mol. The highest BCUT2D eigenvalue weighted by Crippen LogP contribution is 2.40. The third-order valence-corrected chi connectivity index (χ3v) is 5.45. The van der Waals surface area contributed by atoms with Crippen LogP contribution in [-0.4, -0.2) is 37.7 Å². The van der Waals surface area contributed by atoms with Crippen molar-refractivity contribution in [3.8, 4) is 0 Å². The number of nitrogens with two attached hydrogens (primary N) is 1. The van der Waals surface area contributed by atoms with Gasteiger partial charge in [-0.05, 0) is 37.8 Å². The first kappa shape index (κ1) is 18.0. The number of benzene rings is 1. The molecule has 0 spiro atoms. The van der Waals surface area contributed by atoms with E-state index in [2.05, 4.69) is 10.2 Å². The number of carbonyl (C=O) groups excluding carboxylic acids is 1. The number of aromatic nitrogens is 3. The van der Waals surface area contributed by atoms with E-state index in [-0.39, 0.29) is 36.4 Å². The first-order chi connectivity index (χ1) is 12.8. The van der Waals surface area contributed by atoms with Gasteiger partial charge in [-0.15, -0.1) is 10.2 Å². The van der Waals surface area contributed by atoms with Gasteiger partial charge in [0.25, 0.3) is 0 Å². The van der Waals surface area contributed by atoms with E-state index in [0.717, 1.165) is 30.6 Å². The summed E-state index contributed by atoms with van der Waals surface area (Å²) < 4.78 is 42.2. The smallest absolute Gasteiger partial charge is 0.225 e. The van der Waals surface area contributed by atoms with E-state index >= 15 is 0 Å². The predicted molar refractivity (Wildman–Crippen MR) is 90.0 cm³/mol. The molecule has 0 saturated carbocycles. The summed E-state index contributed by atoms with van der Waals surface area (Å²) in [6.45, 7) is 2.54. The predicted octanol–water partition coefficient (Wildman–Crippen LogP) is 2.01. The molecule has 2 aliphatic heterocycles. The van der Waals surface area contributed by atoms with Crippen LogP contribution in [0.4, 0.5) is 13.2 Å². The molecule has 2 aromatic rings. The lowest BCUT2D eigenvalue weighted by molar-refractivity contribution is -0.136. The molecule has 2 aliphatic rings. The third kappa shape index (κ3) is 3.09. The molecule has 3 atom stereocenters. The number of aryl methyl sites for hydroxylation is 1. The Balaban J connectivity index is 1.46. The van der Waals surface area contributed by atoms with Gasteiger partial charge in [0.2, 0.25) is 5.91 Å². The largest absolute Gasteiger partial charge is 0.328 e. The van der Waals surface area contributed by atoms with Crippen LogP contribution in [0.5, 0.6) is 0 Å². The second kappa shape index (κ2) is 6.63. The monoisotopic (exact) mass is 379 g/mol. The molecule has 3 heterocycles. The first-order valence-electron chi connectivity index (χ1n) is 8.95. The highest BCUT2D eigenvalue weighted by molar-refractivity contribution is 5.78. The zero-order chi connectivity index (χ0) is 19.3. The van der Waals surface area contributed by atoms with Gasteiger partial charge >= 0.3 is 0 Å². The van der Waals surface area contributed by atoms with Crippen LogP contribution >= 0.6 is 0 Å². The lowest BCUT2D eigenvalue weighted by Gasteiger charge is -2.35. The summed E-state index contributed by atoms with van der Waals surface area (Å²) in [4.78, 5) is 14.7. The number of carbonyl (C=O) groups is 1. The number of rotatable bonds is 4. The van der Waals surface area contributed by atoms with Crippen molar-refractivity contribution in [3.05, 3.63) is 46.8 Å². The Morgan fingerprint density at radius 1 is 1.22 bits per heavy atom. The highest BCUT2D eigenvalue weighted by atomic mass is 19.2. The fraction of sp³-hybridized carbons (Fsp3) is 0.500. The van der Waals surface area contributed by atoms with Gasteiger partial charge in [-0.3, -0.25) is 4.79 Å². The zero-order valence-corrected chi connectivity index (χ0v) is 14.8. The van der Waals surface area contributed by atoms with Crippen LogP contribution < -0.4 is 5.73 Å². The summed E-state index contributed by atoms with van der Waals surface area (Å²) in [7, 11) is 0. The van der Waals surface area contributed by atoms with Crippen LogP contribution in [0.25, 0.3) is 0 Å². The maximum absolute atomic E-state index is 13.8. The molecule has 144 valence electrons. The molecular formula is C18H20F3N5O. The van der Waals surface area contributed by atoms with E-state index in [9.17, 15) is 18.0 Å². The van der Waals surface area contributed by atoms with E-state index in [1.165, 1.54) is 0 Å². The van der Waals surface area contributed by atoms with E-state index in [4.69, 9.17) is 5.73 Å². The molecule has 0 aliphatic carbocycles. The van der Waals surface area contributed by atoms with Crippen molar-refractivity contribution in [3.63, 3.8) is 0 Å². The van der Waals surface area contributed by atoms with Gasteiger partial charge in [0.05, 0.1) is 12.1 Å². The van der Waals surface area contributed by atoms with Crippen molar-refractivity contribution < 1.29 is 18.0 Å². The summed E-state index contributed by atoms with van der Waals surface area (Å²) >= 11 is 0. The van der Waals surface area contributed by atoms with E-state index in [1.54, 1.807) is 0 Å². The van der Waals surface area contributed by atoms with Gasteiger partial charge in [0.1, 0.15) is 11.6 Å². The molecule has 2 N–H and O–H groups in total. The first-order valence-corrected chi connectivity index (χ1v) is 8.95. The second-order valence-electron chi connectivity index (χ2n) is 7.29. The summed E-state index contributed by atoms with van der Waals surface area (Å²) in [5.74, 6) is -1.75. The molecule has 27 heavy (non-hydrogen) atoms. The van der Waals surface area contributed by atoms with Crippen molar-refractivity contribution in [1.29, 1.82) is 0 Å². The van der Waals surface area contributed by atoms with Crippen molar-refractivity contribution >= 4 is 5.91 Å². The molecule has 1 aromatic carbocycles. The van der Waals surface area contributed by atoms with Gasteiger partial charge in [-0.1, -0.05) is 0 Å². The molecule has 1 fully saturated rings. The van der Waals surface area contributed by atoms with Crippen LogP contribution in [0.3, 0.4) is 0 Å². The zero-order valence-electron chi connectivity index (χ0n) is 14.8. The molecule has 1 aromatic heterocycles. The maximum Gasteiger partial charge on any atom is 0.225 e. The Kier molecular flexibility index (Phi) is 4.41. The van der Waals surface area contributed by atoms with E-state index in [0.29, 0.717) is 12.6 Å². The molecule has 6 nitrogen and oxygen atoms in total. The molecular weight excluding hydrogens is 359 g/mol. The quantitative estimate of drug-likeness (QED) is 0.825. The summed E-state index contributed by atoms with van der Waals surface area (Å²) in [6, 6.07) is 0.545. The number of halogens is 3. The molecule has 1 amide bonds. The number of amides is 1. The lowest BCUT2D eigenvalue weighted by atomic mass is 10.0. The van der Waals surface area contributed by atoms with Crippen molar-refractivity contribution in [2.45, 2.75) is 57.3 Å². The summed E-state index contributed by atoms with van der Waals surface area (Å²) in [5.41, 5.74) is 5.98. The molecule has 4 rings (SSSR count). The van der Waals surface area contributed by atoms with Crippen molar-refractivity contribution in [2.75, 3.05) is 0 Å². The van der Waals surface area contributed by atoms with Gasteiger partial charge in [-0.2, -0.15) is 0 Å². The van der Waals surface area contributed by atoms with E-state index in [1.807, 2.05) is 16.4 Å². The highest BCUT2D eigenvalue weighted by Gasteiger charge is 2.44. The average Bonchev–Trinajstić information content (AvgIpc) is 3.13. The molecule has 1 saturated heterocycles. The van der Waals surface area contributed by atoms with Crippen LogP contribution in [-0.2, 0) is 17.8 Å². The Hall–Kier alpha value is -2.42. The van der Waals surface area contributed by atoms with Crippen molar-refractivity contribution in [1.82, 2.24) is 19.7 Å². The lowest BCUT2D eigenvalue weighted by Crippen LogP contribution is -2.46. The Bertz CT molecular complexity index is 899. The molecule has 2 bridgehead atoms. The second-order valence-corrected chi connectivity index (χ2v) is 7.29. The Morgan fingerprint density at radius 2 is 1.96 bits per heavy atom. The minimum atomic E-state index is -1.25. The fourth-order valence-electron chi connectivity index (χ4n) is 4.18. The van der Waals surface area contributed by atoms with Crippen molar-refractivity contribution in [2.24, 2.45) is 5.73 Å². The fourth-order valence-corrected chi connectivity index (χ4v) is 4.18. The minimum Gasteiger partial charge on any atom is -0.328 e. The van der Waals surface area contributed by atoms with Crippen LogP contribution in [0.1, 0.15) is 42.5 Å². The number of hydrogen-bond acceptors (Lipinski definition) is 4. The van der Waals surface area contributed by atoms with Crippen LogP contribution in [0, 0.1) is 24.4 Å².